The van der Waals surface area contributed by atoms with Crippen LogP contribution in [-0.2, 0) is 21.8 Å². The minimum Gasteiger partial charge on any atom is -0.375 e. The minimum absolute atomic E-state index is 0.0750. The van der Waals surface area contributed by atoms with Crippen molar-refractivity contribution >= 4 is 10.0 Å². The molecule has 0 aliphatic carbocycles. The molecule has 20 heavy (non-hydrogen) atoms. The van der Waals surface area contributed by atoms with Crippen molar-refractivity contribution in [3.05, 3.63) is 12.5 Å². The van der Waals surface area contributed by atoms with Gasteiger partial charge in [-0.25, -0.2) is 13.4 Å². The summed E-state index contributed by atoms with van der Waals surface area (Å²) in [4.78, 5) is 3.97. The highest BCUT2D eigenvalue weighted by Crippen LogP contribution is 2.36. The van der Waals surface area contributed by atoms with Gasteiger partial charge in [0, 0.05) is 32.9 Å². The fraction of sp³-hybridized carbons (Fsp3) is 0.769. The molecule has 0 atom stereocenters. The summed E-state index contributed by atoms with van der Waals surface area (Å²) in [7, 11) is -1.68. The lowest BCUT2D eigenvalue weighted by atomic mass is 9.85. The lowest BCUT2D eigenvalue weighted by Crippen LogP contribution is -2.49. The van der Waals surface area contributed by atoms with Crippen molar-refractivity contribution in [2.24, 2.45) is 7.05 Å². The Kier molecular flexibility index (Phi) is 3.60. The standard InChI is InChI=1S/C13H21N3O3S/c1-15-10-12(14-11-15)20(17,18)16-7-5-13(6-8-16)4-2-3-9-19-13/h10-11H,2-9H2,1H3. The molecule has 7 heteroatoms. The molecule has 2 saturated heterocycles. The largest absolute Gasteiger partial charge is 0.375 e. The van der Waals surface area contributed by atoms with E-state index in [-0.39, 0.29) is 10.6 Å². The van der Waals surface area contributed by atoms with Crippen LogP contribution in [0.3, 0.4) is 0 Å². The summed E-state index contributed by atoms with van der Waals surface area (Å²) in [5, 5.41) is 0.139. The molecule has 0 unspecified atom stereocenters. The Morgan fingerprint density at radius 3 is 2.55 bits per heavy atom. The van der Waals surface area contributed by atoms with Gasteiger partial charge in [0.2, 0.25) is 0 Å². The maximum Gasteiger partial charge on any atom is 0.262 e. The Hall–Kier alpha value is -0.920. The van der Waals surface area contributed by atoms with Crippen molar-refractivity contribution in [2.75, 3.05) is 19.7 Å². The first-order valence-electron chi connectivity index (χ1n) is 7.14. The van der Waals surface area contributed by atoms with Gasteiger partial charge in [0.15, 0.2) is 5.03 Å². The molecule has 0 N–H and O–H groups in total. The second-order valence-corrected chi connectivity index (χ2v) is 7.65. The molecule has 1 aromatic rings. The molecule has 112 valence electrons. The molecule has 3 rings (SSSR count). The SMILES string of the molecule is Cn1cnc(S(=O)(=O)N2CCC3(CCCCO3)CC2)c1. The second-order valence-electron chi connectivity index (χ2n) is 5.77. The van der Waals surface area contributed by atoms with Crippen LogP contribution >= 0.6 is 0 Å². The van der Waals surface area contributed by atoms with Crippen molar-refractivity contribution in [3.63, 3.8) is 0 Å². The molecule has 0 saturated carbocycles. The van der Waals surface area contributed by atoms with Crippen LogP contribution in [0.2, 0.25) is 0 Å². The number of rotatable bonds is 2. The normalized spacial score (nSPS) is 24.1. The Morgan fingerprint density at radius 2 is 2.00 bits per heavy atom. The molecule has 1 aromatic heterocycles. The van der Waals surface area contributed by atoms with Crippen LogP contribution in [0.4, 0.5) is 0 Å². The van der Waals surface area contributed by atoms with E-state index in [1.54, 1.807) is 22.1 Å². The number of imidazole rings is 1. The topological polar surface area (TPSA) is 64.4 Å². The van der Waals surface area contributed by atoms with Crippen molar-refractivity contribution < 1.29 is 13.2 Å². The molecule has 1 spiro atoms. The van der Waals surface area contributed by atoms with E-state index in [1.807, 2.05) is 0 Å². The quantitative estimate of drug-likeness (QED) is 0.821. The van der Waals surface area contributed by atoms with Gasteiger partial charge in [0.25, 0.3) is 10.0 Å². The van der Waals surface area contributed by atoms with Gasteiger partial charge < -0.3 is 9.30 Å². The molecular formula is C13H21N3O3S. The van der Waals surface area contributed by atoms with E-state index < -0.39 is 10.0 Å². The Morgan fingerprint density at radius 1 is 1.25 bits per heavy atom. The van der Waals surface area contributed by atoms with Crippen LogP contribution in [0.5, 0.6) is 0 Å². The molecule has 3 heterocycles. The van der Waals surface area contributed by atoms with E-state index in [1.165, 1.54) is 12.7 Å². The lowest BCUT2D eigenvalue weighted by molar-refractivity contribution is -0.103. The zero-order valence-electron chi connectivity index (χ0n) is 11.8. The highest BCUT2D eigenvalue weighted by molar-refractivity contribution is 7.89. The van der Waals surface area contributed by atoms with E-state index in [2.05, 4.69) is 4.98 Å². The summed E-state index contributed by atoms with van der Waals surface area (Å²) >= 11 is 0. The molecule has 6 nitrogen and oxygen atoms in total. The van der Waals surface area contributed by atoms with Gasteiger partial charge in [0.05, 0.1) is 11.9 Å². The zero-order chi connectivity index (χ0) is 14.2. The summed E-state index contributed by atoms with van der Waals surface area (Å²) in [6, 6.07) is 0. The Labute approximate surface area is 119 Å². The van der Waals surface area contributed by atoms with Crippen molar-refractivity contribution in [3.8, 4) is 0 Å². The second kappa shape index (κ2) is 5.13. The first-order chi connectivity index (χ1) is 9.52. The van der Waals surface area contributed by atoms with Gasteiger partial charge in [-0.2, -0.15) is 4.31 Å². The van der Waals surface area contributed by atoms with Crippen molar-refractivity contribution in [1.82, 2.24) is 13.9 Å². The van der Waals surface area contributed by atoms with Crippen LogP contribution in [0.25, 0.3) is 0 Å². The molecule has 2 aliphatic heterocycles. The number of aromatic nitrogens is 2. The van der Waals surface area contributed by atoms with Crippen LogP contribution in [0, 0.1) is 0 Å². The fourth-order valence-electron chi connectivity index (χ4n) is 3.09. The molecular weight excluding hydrogens is 278 g/mol. The molecule has 0 radical (unpaired) electrons. The highest BCUT2D eigenvalue weighted by Gasteiger charge is 2.40. The predicted molar refractivity (Wildman–Crippen MR) is 73.7 cm³/mol. The first kappa shape index (κ1) is 14.0. The van der Waals surface area contributed by atoms with E-state index in [9.17, 15) is 8.42 Å². The number of piperidine rings is 1. The van der Waals surface area contributed by atoms with Crippen LogP contribution < -0.4 is 0 Å². The number of aryl methyl sites for hydroxylation is 1. The Bertz CT molecular complexity index is 565. The van der Waals surface area contributed by atoms with E-state index >= 15 is 0 Å². The zero-order valence-corrected chi connectivity index (χ0v) is 12.6. The highest BCUT2D eigenvalue weighted by atomic mass is 32.2. The van der Waals surface area contributed by atoms with Crippen LogP contribution in [-0.4, -0.2) is 47.6 Å². The minimum atomic E-state index is -3.45. The van der Waals surface area contributed by atoms with E-state index in [4.69, 9.17) is 4.74 Å². The summed E-state index contributed by atoms with van der Waals surface area (Å²) in [5.74, 6) is 0. The predicted octanol–water partition coefficient (Wildman–Crippen LogP) is 1.14. The van der Waals surface area contributed by atoms with Crippen LogP contribution in [0.15, 0.2) is 17.6 Å². The summed E-state index contributed by atoms with van der Waals surface area (Å²) in [6.45, 7) is 1.87. The third-order valence-corrected chi connectivity index (χ3v) is 6.14. The summed E-state index contributed by atoms with van der Waals surface area (Å²) < 4.78 is 34.1. The van der Waals surface area contributed by atoms with Crippen molar-refractivity contribution in [1.29, 1.82) is 0 Å². The summed E-state index contributed by atoms with van der Waals surface area (Å²) in [6.07, 6.45) is 8.02. The number of hydrogen-bond donors (Lipinski definition) is 0. The average Bonchev–Trinajstić information content (AvgIpc) is 2.88. The molecule has 2 aliphatic rings. The van der Waals surface area contributed by atoms with Gasteiger partial charge in [0.1, 0.15) is 0 Å². The van der Waals surface area contributed by atoms with Crippen molar-refractivity contribution in [2.45, 2.75) is 42.7 Å². The number of sulfonamides is 1. The summed E-state index contributed by atoms with van der Waals surface area (Å²) in [5.41, 5.74) is -0.0750. The fourth-order valence-corrected chi connectivity index (χ4v) is 4.50. The van der Waals surface area contributed by atoms with E-state index in [0.717, 1.165) is 32.3 Å². The van der Waals surface area contributed by atoms with Gasteiger partial charge in [-0.15, -0.1) is 0 Å². The maximum absolute atomic E-state index is 12.5. The van der Waals surface area contributed by atoms with Gasteiger partial charge in [-0.1, -0.05) is 0 Å². The lowest BCUT2D eigenvalue weighted by Gasteiger charge is -2.43. The number of nitrogens with zero attached hydrogens (tertiary/aromatic N) is 3. The van der Waals surface area contributed by atoms with Crippen LogP contribution in [0.1, 0.15) is 32.1 Å². The molecule has 2 fully saturated rings. The smallest absolute Gasteiger partial charge is 0.262 e. The maximum atomic E-state index is 12.5. The third kappa shape index (κ3) is 2.49. The van der Waals surface area contributed by atoms with Gasteiger partial charge in [-0.05, 0) is 32.1 Å². The van der Waals surface area contributed by atoms with Gasteiger partial charge in [-0.3, -0.25) is 0 Å². The molecule has 0 aromatic carbocycles. The molecule has 0 bridgehead atoms. The number of ether oxygens (including phenoxy) is 1. The monoisotopic (exact) mass is 299 g/mol. The Balaban J connectivity index is 1.71. The van der Waals surface area contributed by atoms with Gasteiger partial charge >= 0.3 is 0 Å². The van der Waals surface area contributed by atoms with E-state index in [0.29, 0.717) is 13.1 Å². The third-order valence-electron chi connectivity index (χ3n) is 4.35. The number of hydrogen-bond acceptors (Lipinski definition) is 4. The first-order valence-corrected chi connectivity index (χ1v) is 8.58. The average molecular weight is 299 g/mol. The molecule has 0 amide bonds.